The van der Waals surface area contributed by atoms with Crippen LogP contribution in [0, 0.1) is 0 Å². The second kappa shape index (κ2) is 14.0. The lowest BCUT2D eigenvalue weighted by Crippen LogP contribution is -2.33. The number of rotatable bonds is 13. The molecule has 0 fully saturated rings. The zero-order chi connectivity index (χ0) is 29.4. The van der Waals surface area contributed by atoms with Crippen molar-refractivity contribution < 1.29 is 23.7 Å². The second-order valence-corrected chi connectivity index (χ2v) is 10.3. The van der Waals surface area contributed by atoms with Crippen LogP contribution >= 0.6 is 12.2 Å². The number of benzene rings is 3. The Bertz CT molecular complexity index is 1530. The van der Waals surface area contributed by atoms with Gasteiger partial charge in [0.05, 0.1) is 13.2 Å². The average Bonchev–Trinajstić information content (AvgIpc) is 2.96. The second-order valence-electron chi connectivity index (χ2n) is 9.82. The van der Waals surface area contributed by atoms with Crippen LogP contribution in [-0.4, -0.2) is 47.9 Å². The molecule has 8 heteroatoms. The molecule has 7 nitrogen and oxygen atoms in total. The Hall–Kier alpha value is -4.04. The highest BCUT2D eigenvalue weighted by atomic mass is 32.1. The highest BCUT2D eigenvalue weighted by Gasteiger charge is 2.17. The normalized spacial score (nSPS) is 11.7. The number of hydrogen-bond acceptors (Lipinski definition) is 7. The fourth-order valence-corrected chi connectivity index (χ4v) is 5.03. The lowest BCUT2D eigenvalue weighted by atomic mass is 10.1. The zero-order valence-electron chi connectivity index (χ0n) is 24.0. The monoisotopic (exact) mass is 575 g/mol. The summed E-state index contributed by atoms with van der Waals surface area (Å²) in [6.07, 6.45) is 2.78. The molecule has 216 valence electrons. The third kappa shape index (κ3) is 7.58. The first-order valence-electron chi connectivity index (χ1n) is 13.9. The zero-order valence-corrected chi connectivity index (χ0v) is 24.8. The summed E-state index contributed by atoms with van der Waals surface area (Å²) >= 11 is 5.46. The van der Waals surface area contributed by atoms with Crippen molar-refractivity contribution in [3.63, 3.8) is 0 Å². The van der Waals surface area contributed by atoms with E-state index in [-0.39, 0.29) is 34.9 Å². The Kier molecular flexibility index (Phi) is 10.2. The molecule has 4 rings (SSSR count). The summed E-state index contributed by atoms with van der Waals surface area (Å²) in [6, 6.07) is 20.1. The Balaban J connectivity index is 1.54. The molecule has 1 aromatic heterocycles. The lowest BCUT2D eigenvalue weighted by Gasteiger charge is -2.21. The van der Waals surface area contributed by atoms with Crippen LogP contribution in [0.15, 0.2) is 75.9 Å². The van der Waals surface area contributed by atoms with Crippen LogP contribution in [-0.2, 0) is 6.42 Å². The van der Waals surface area contributed by atoms with E-state index < -0.39 is 0 Å². The third-order valence-corrected chi connectivity index (χ3v) is 7.33. The quantitative estimate of drug-likeness (QED) is 0.171. The van der Waals surface area contributed by atoms with E-state index >= 15 is 0 Å². The lowest BCUT2D eigenvalue weighted by molar-refractivity contribution is 0.199. The largest absolute Gasteiger partial charge is 0.507 e. The number of likely N-dealkylation sites (N-methyl/N-ethyl adjacent to an activating group) is 1. The number of methoxy groups -OCH3 is 1. The van der Waals surface area contributed by atoms with Crippen LogP contribution in [0.25, 0.3) is 22.3 Å². The molecule has 1 atom stereocenters. The predicted octanol–water partition coefficient (Wildman–Crippen LogP) is 7.01. The SMILES string of the molecule is CCN(CC)C(=S)COc1cc(O)c2c(=O)cc(-c3ccc(OC)c(OC(C)CCCc4ccccc4)c3)oc2c1. The maximum atomic E-state index is 13.0. The minimum Gasteiger partial charge on any atom is -0.507 e. The Morgan fingerprint density at radius 3 is 2.49 bits per heavy atom. The number of phenols is 1. The maximum absolute atomic E-state index is 13.0. The van der Waals surface area contributed by atoms with Gasteiger partial charge in [-0.25, -0.2) is 0 Å². The standard InChI is InChI=1S/C33H37NO6S/c1-5-34(6-2)32(41)21-38-25-18-26(35)33-27(36)20-29(40-31(33)19-25)24-15-16-28(37-4)30(17-24)39-22(3)11-10-14-23-12-8-7-9-13-23/h7-9,12-13,15-20,22,35H,5-6,10-11,14,21H2,1-4H3. The molecule has 0 saturated carbocycles. The van der Waals surface area contributed by atoms with Crippen molar-refractivity contribution in [3.05, 3.63) is 82.5 Å². The van der Waals surface area contributed by atoms with Gasteiger partial charge in [-0.3, -0.25) is 4.79 Å². The summed E-state index contributed by atoms with van der Waals surface area (Å²) < 4.78 is 23.8. The molecule has 0 saturated heterocycles. The van der Waals surface area contributed by atoms with Gasteiger partial charge < -0.3 is 28.6 Å². The first kappa shape index (κ1) is 29.9. The van der Waals surface area contributed by atoms with Crippen LogP contribution < -0.4 is 19.6 Å². The van der Waals surface area contributed by atoms with E-state index in [4.69, 9.17) is 30.8 Å². The molecule has 3 aromatic carbocycles. The molecule has 41 heavy (non-hydrogen) atoms. The molecule has 0 amide bonds. The Labute approximate surface area is 246 Å². The summed E-state index contributed by atoms with van der Waals surface area (Å²) in [6.45, 7) is 7.81. The third-order valence-electron chi connectivity index (χ3n) is 6.96. The number of nitrogens with zero attached hydrogens (tertiary/aromatic N) is 1. The molecule has 4 aromatic rings. The van der Waals surface area contributed by atoms with Gasteiger partial charge in [-0.05, 0) is 63.8 Å². The average molecular weight is 576 g/mol. The van der Waals surface area contributed by atoms with Crippen molar-refractivity contribution >= 4 is 28.2 Å². The van der Waals surface area contributed by atoms with E-state index in [0.717, 1.165) is 32.4 Å². The summed E-state index contributed by atoms with van der Waals surface area (Å²) in [5.74, 6) is 1.62. The molecule has 0 spiro atoms. The van der Waals surface area contributed by atoms with Gasteiger partial charge in [0.15, 0.2) is 16.9 Å². The molecule has 0 radical (unpaired) electrons. The van der Waals surface area contributed by atoms with Crippen molar-refractivity contribution in [2.45, 2.75) is 46.1 Å². The highest BCUT2D eigenvalue weighted by Crippen LogP contribution is 2.36. The van der Waals surface area contributed by atoms with E-state index in [1.165, 1.54) is 17.7 Å². The molecule has 1 unspecified atom stereocenters. The molecule has 0 aliphatic heterocycles. The van der Waals surface area contributed by atoms with E-state index in [1.54, 1.807) is 31.4 Å². The van der Waals surface area contributed by atoms with Gasteiger partial charge in [-0.1, -0.05) is 42.5 Å². The van der Waals surface area contributed by atoms with Crippen molar-refractivity contribution in [3.8, 4) is 34.3 Å². The predicted molar refractivity (Wildman–Crippen MR) is 167 cm³/mol. The van der Waals surface area contributed by atoms with Crippen molar-refractivity contribution in [2.75, 3.05) is 26.8 Å². The fraction of sp³-hybridized carbons (Fsp3) is 0.333. The molecule has 0 aliphatic rings. The van der Waals surface area contributed by atoms with Crippen molar-refractivity contribution in [1.82, 2.24) is 4.90 Å². The van der Waals surface area contributed by atoms with Crippen LogP contribution in [0.2, 0.25) is 0 Å². The number of aryl methyl sites for hydroxylation is 1. The smallest absolute Gasteiger partial charge is 0.197 e. The number of aromatic hydroxyl groups is 1. The molecule has 0 bridgehead atoms. The van der Waals surface area contributed by atoms with E-state index in [1.807, 2.05) is 31.7 Å². The van der Waals surface area contributed by atoms with E-state index in [2.05, 4.69) is 24.3 Å². The fourth-order valence-electron chi connectivity index (χ4n) is 4.72. The highest BCUT2D eigenvalue weighted by molar-refractivity contribution is 7.80. The van der Waals surface area contributed by atoms with Crippen LogP contribution in [0.5, 0.6) is 23.0 Å². The summed E-state index contributed by atoms with van der Waals surface area (Å²) in [4.78, 5) is 15.7. The first-order valence-corrected chi connectivity index (χ1v) is 14.3. The number of hydrogen-bond donors (Lipinski definition) is 1. The molecular weight excluding hydrogens is 538 g/mol. The van der Waals surface area contributed by atoms with Gasteiger partial charge in [-0.15, -0.1) is 0 Å². The van der Waals surface area contributed by atoms with Crippen LogP contribution in [0.3, 0.4) is 0 Å². The van der Waals surface area contributed by atoms with E-state index in [0.29, 0.717) is 33.6 Å². The van der Waals surface area contributed by atoms with Crippen molar-refractivity contribution in [2.24, 2.45) is 0 Å². The van der Waals surface area contributed by atoms with Crippen LogP contribution in [0.4, 0.5) is 0 Å². The van der Waals surface area contributed by atoms with E-state index in [9.17, 15) is 9.90 Å². The number of ether oxygens (including phenoxy) is 3. The number of phenolic OH excluding ortho intramolecular Hbond substituents is 1. The summed E-state index contributed by atoms with van der Waals surface area (Å²) in [5, 5.41) is 10.7. The van der Waals surface area contributed by atoms with Gasteiger partial charge in [0.25, 0.3) is 0 Å². The Morgan fingerprint density at radius 1 is 1.02 bits per heavy atom. The minimum absolute atomic E-state index is 0.0504. The van der Waals surface area contributed by atoms with Gasteiger partial charge in [0.2, 0.25) is 0 Å². The van der Waals surface area contributed by atoms with Gasteiger partial charge >= 0.3 is 0 Å². The summed E-state index contributed by atoms with van der Waals surface area (Å²) in [5.41, 5.74) is 1.79. The van der Waals surface area contributed by atoms with Crippen LogP contribution in [0.1, 0.15) is 39.2 Å². The first-order chi connectivity index (χ1) is 19.8. The Morgan fingerprint density at radius 2 is 1.78 bits per heavy atom. The van der Waals surface area contributed by atoms with Gasteiger partial charge in [0, 0.05) is 36.9 Å². The van der Waals surface area contributed by atoms with Crippen molar-refractivity contribution in [1.29, 1.82) is 0 Å². The molecular formula is C33H37NO6S. The van der Waals surface area contributed by atoms with Gasteiger partial charge in [-0.2, -0.15) is 0 Å². The molecule has 1 N–H and O–H groups in total. The number of thiocarbonyl (C=S) groups is 1. The summed E-state index contributed by atoms with van der Waals surface area (Å²) in [7, 11) is 1.59. The topological polar surface area (TPSA) is 81.4 Å². The molecule has 0 aliphatic carbocycles. The minimum atomic E-state index is -0.364. The number of fused-ring (bicyclic) bond motifs is 1. The maximum Gasteiger partial charge on any atom is 0.197 e. The molecule has 1 heterocycles. The van der Waals surface area contributed by atoms with Gasteiger partial charge in [0.1, 0.15) is 39.8 Å².